The Hall–Kier alpha value is -3.16. The van der Waals surface area contributed by atoms with Crippen molar-refractivity contribution in [3.05, 3.63) is 52.9 Å². The lowest BCUT2D eigenvalue weighted by Gasteiger charge is -2.60. The van der Waals surface area contributed by atoms with Crippen LogP contribution in [0.3, 0.4) is 0 Å². The number of hydrogen-bond acceptors (Lipinski definition) is 4. The molecule has 5 aromatic rings. The van der Waals surface area contributed by atoms with E-state index in [9.17, 15) is 0 Å². The first-order valence-corrected chi connectivity index (χ1v) is 13.5. The van der Waals surface area contributed by atoms with E-state index in [-0.39, 0.29) is 0 Å². The highest BCUT2D eigenvalue weighted by Crippen LogP contribution is 2.55. The summed E-state index contributed by atoms with van der Waals surface area (Å²) in [5, 5.41) is 20.1. The summed E-state index contributed by atoms with van der Waals surface area (Å²) in [7, 11) is 1.97. The third-order valence-electron chi connectivity index (χ3n) is 8.77. The minimum Gasteiger partial charge on any atom is -0.300 e. The van der Waals surface area contributed by atoms with Crippen molar-refractivity contribution in [2.75, 3.05) is 13.1 Å². The van der Waals surface area contributed by atoms with Crippen molar-refractivity contribution in [1.29, 1.82) is 0 Å². The minimum absolute atomic E-state index is 0.410. The van der Waals surface area contributed by atoms with Crippen LogP contribution in [0.5, 0.6) is 0 Å². The zero-order valence-corrected chi connectivity index (χ0v) is 22.8. The highest BCUT2D eigenvalue weighted by Gasteiger charge is 2.53. The lowest BCUT2D eigenvalue weighted by molar-refractivity contribution is -0.105. The standard InChI is InChI=1S/C29H32ClN7/c1-16(2)36-14-29(15-36)10-21(11-29)37-18(4)25(26-22-13-31-33-23(22)8-17(3)27(26)30)28(34-37)19-6-7-24-20(9-19)12-32-35(24)5/h6-9,12-13,16,21H,10-11,14-15H2,1-5H3,(H,31,33). The Kier molecular flexibility index (Phi) is 4.92. The number of aromatic amines is 1. The smallest absolute Gasteiger partial charge is 0.101 e. The first kappa shape index (κ1) is 23.0. The van der Waals surface area contributed by atoms with Gasteiger partial charge in [0.15, 0.2) is 0 Å². The second-order valence-electron chi connectivity index (χ2n) is 11.6. The Morgan fingerprint density at radius 2 is 1.86 bits per heavy atom. The van der Waals surface area contributed by atoms with Crippen LogP contribution in [0.25, 0.3) is 44.2 Å². The SMILES string of the molecule is Cc1cc2[nH]ncc2c(-c2c(-c3ccc4c(cnn4C)c3)nn(C3CC4(C3)CN(C(C)C)C4)c2C)c1Cl. The van der Waals surface area contributed by atoms with Crippen LogP contribution in [-0.2, 0) is 7.05 Å². The number of nitrogens with one attached hydrogen (secondary N) is 1. The molecule has 37 heavy (non-hydrogen) atoms. The van der Waals surface area contributed by atoms with Crippen molar-refractivity contribution >= 4 is 33.4 Å². The minimum atomic E-state index is 0.410. The predicted octanol–water partition coefficient (Wildman–Crippen LogP) is 6.30. The third kappa shape index (κ3) is 3.33. The summed E-state index contributed by atoms with van der Waals surface area (Å²) in [5.74, 6) is 0. The first-order chi connectivity index (χ1) is 17.7. The molecule has 1 aliphatic carbocycles. The molecule has 2 aliphatic rings. The normalized spacial score (nSPS) is 17.8. The predicted molar refractivity (Wildman–Crippen MR) is 149 cm³/mol. The van der Waals surface area contributed by atoms with E-state index in [0.29, 0.717) is 17.5 Å². The number of rotatable bonds is 4. The van der Waals surface area contributed by atoms with Gasteiger partial charge in [0.2, 0.25) is 0 Å². The number of nitrogens with zero attached hydrogens (tertiary/aromatic N) is 6. The van der Waals surface area contributed by atoms with Gasteiger partial charge in [-0.2, -0.15) is 15.3 Å². The van der Waals surface area contributed by atoms with E-state index in [1.165, 1.54) is 25.9 Å². The van der Waals surface area contributed by atoms with Gasteiger partial charge in [0, 0.05) is 59.3 Å². The number of benzene rings is 2. The Balaban J connectivity index is 1.38. The molecule has 0 atom stereocenters. The maximum atomic E-state index is 7.06. The summed E-state index contributed by atoms with van der Waals surface area (Å²) in [6, 6.07) is 9.59. The quantitative estimate of drug-likeness (QED) is 0.306. The van der Waals surface area contributed by atoms with E-state index in [2.05, 4.69) is 76.8 Å². The van der Waals surface area contributed by atoms with Crippen LogP contribution in [0.2, 0.25) is 5.02 Å². The Morgan fingerprint density at radius 1 is 1.08 bits per heavy atom. The van der Waals surface area contributed by atoms with Gasteiger partial charge >= 0.3 is 0 Å². The van der Waals surface area contributed by atoms with E-state index < -0.39 is 0 Å². The fourth-order valence-corrected chi connectivity index (χ4v) is 6.93. The van der Waals surface area contributed by atoms with Gasteiger partial charge in [-0.1, -0.05) is 17.7 Å². The number of fused-ring (bicyclic) bond motifs is 2. The molecule has 190 valence electrons. The second-order valence-corrected chi connectivity index (χ2v) is 11.9. The van der Waals surface area contributed by atoms with Gasteiger partial charge < -0.3 is 0 Å². The fraction of sp³-hybridized carbons (Fsp3) is 0.414. The van der Waals surface area contributed by atoms with Gasteiger partial charge in [-0.3, -0.25) is 19.4 Å². The van der Waals surface area contributed by atoms with E-state index in [4.69, 9.17) is 16.7 Å². The zero-order chi connectivity index (χ0) is 25.6. The molecule has 0 bridgehead atoms. The Bertz CT molecular complexity index is 1670. The number of aryl methyl sites for hydroxylation is 2. The lowest BCUT2D eigenvalue weighted by atomic mass is 9.60. The van der Waals surface area contributed by atoms with Crippen molar-refractivity contribution in [2.45, 2.75) is 52.6 Å². The second kappa shape index (κ2) is 7.92. The molecule has 0 radical (unpaired) electrons. The molecule has 1 N–H and O–H groups in total. The molecule has 2 aromatic carbocycles. The molecule has 1 saturated heterocycles. The molecule has 2 fully saturated rings. The molecule has 1 aliphatic heterocycles. The molecular weight excluding hydrogens is 482 g/mol. The van der Waals surface area contributed by atoms with Crippen LogP contribution >= 0.6 is 11.6 Å². The van der Waals surface area contributed by atoms with Crippen LogP contribution in [0.1, 0.15) is 44.0 Å². The van der Waals surface area contributed by atoms with Crippen molar-refractivity contribution in [3.8, 4) is 22.4 Å². The average molecular weight is 514 g/mol. The monoisotopic (exact) mass is 513 g/mol. The fourth-order valence-electron chi connectivity index (χ4n) is 6.68. The molecule has 0 unspecified atom stereocenters. The molecule has 1 spiro atoms. The van der Waals surface area contributed by atoms with E-state index in [0.717, 1.165) is 60.5 Å². The summed E-state index contributed by atoms with van der Waals surface area (Å²) < 4.78 is 4.19. The van der Waals surface area contributed by atoms with E-state index in [1.54, 1.807) is 0 Å². The molecule has 4 heterocycles. The van der Waals surface area contributed by atoms with Crippen LogP contribution in [0, 0.1) is 19.3 Å². The highest BCUT2D eigenvalue weighted by atomic mass is 35.5. The topological polar surface area (TPSA) is 67.6 Å². The number of aromatic nitrogens is 6. The van der Waals surface area contributed by atoms with Gasteiger partial charge in [-0.25, -0.2) is 0 Å². The number of halogens is 1. The van der Waals surface area contributed by atoms with Crippen LogP contribution in [0.4, 0.5) is 0 Å². The van der Waals surface area contributed by atoms with Gasteiger partial charge in [-0.05, 0) is 69.7 Å². The van der Waals surface area contributed by atoms with E-state index >= 15 is 0 Å². The third-order valence-corrected chi connectivity index (χ3v) is 9.26. The molecule has 1 saturated carbocycles. The van der Waals surface area contributed by atoms with Gasteiger partial charge in [0.25, 0.3) is 0 Å². The van der Waals surface area contributed by atoms with Gasteiger partial charge in [0.05, 0.1) is 34.5 Å². The maximum Gasteiger partial charge on any atom is 0.101 e. The summed E-state index contributed by atoms with van der Waals surface area (Å²) in [5.41, 5.74) is 8.90. The lowest BCUT2D eigenvalue weighted by Crippen LogP contribution is -2.64. The zero-order valence-electron chi connectivity index (χ0n) is 22.0. The highest BCUT2D eigenvalue weighted by molar-refractivity contribution is 6.36. The summed E-state index contributed by atoms with van der Waals surface area (Å²) in [4.78, 5) is 2.58. The molecule has 0 amide bonds. The molecule has 7 nitrogen and oxygen atoms in total. The van der Waals surface area contributed by atoms with Crippen LogP contribution in [0.15, 0.2) is 36.7 Å². The molecule has 8 heteroatoms. The first-order valence-electron chi connectivity index (χ1n) is 13.1. The maximum absolute atomic E-state index is 7.06. The average Bonchev–Trinajstić information content (AvgIpc) is 3.51. The summed E-state index contributed by atoms with van der Waals surface area (Å²) >= 11 is 7.06. The summed E-state index contributed by atoms with van der Waals surface area (Å²) in [6.07, 6.45) is 6.17. The number of hydrogen-bond donors (Lipinski definition) is 1. The largest absolute Gasteiger partial charge is 0.300 e. The molecular formula is C29H32ClN7. The Labute approximate surface area is 221 Å². The number of H-pyrrole nitrogens is 1. The number of likely N-dealkylation sites (tertiary alicyclic amines) is 1. The van der Waals surface area contributed by atoms with Crippen molar-refractivity contribution in [1.82, 2.24) is 34.7 Å². The van der Waals surface area contributed by atoms with Crippen LogP contribution in [-0.4, -0.2) is 53.8 Å². The van der Waals surface area contributed by atoms with E-state index in [1.807, 2.05) is 24.1 Å². The van der Waals surface area contributed by atoms with Crippen molar-refractivity contribution in [2.24, 2.45) is 12.5 Å². The Morgan fingerprint density at radius 3 is 2.62 bits per heavy atom. The summed E-state index contributed by atoms with van der Waals surface area (Å²) in [6.45, 7) is 11.3. The van der Waals surface area contributed by atoms with Crippen molar-refractivity contribution in [3.63, 3.8) is 0 Å². The van der Waals surface area contributed by atoms with Gasteiger partial charge in [-0.15, -0.1) is 0 Å². The van der Waals surface area contributed by atoms with Crippen molar-refractivity contribution < 1.29 is 0 Å². The van der Waals surface area contributed by atoms with Gasteiger partial charge in [0.1, 0.15) is 5.69 Å². The molecule has 7 rings (SSSR count). The van der Waals surface area contributed by atoms with Crippen LogP contribution < -0.4 is 0 Å². The molecule has 3 aromatic heterocycles.